The van der Waals surface area contributed by atoms with Crippen molar-refractivity contribution >= 4 is 17.7 Å². The molecule has 7 nitrogen and oxygen atoms in total. The Balaban J connectivity index is 1.53. The zero-order valence-electron chi connectivity index (χ0n) is 25.0. The molecule has 5 rings (SSSR count). The highest BCUT2D eigenvalue weighted by Gasteiger charge is 2.54. The third kappa shape index (κ3) is 6.89. The summed E-state index contributed by atoms with van der Waals surface area (Å²) in [6.45, 7) is 6.39. The minimum atomic E-state index is -1.44. The molecule has 1 N–H and O–H groups in total. The van der Waals surface area contributed by atoms with Crippen molar-refractivity contribution in [2.24, 2.45) is 10.4 Å². The van der Waals surface area contributed by atoms with Gasteiger partial charge < -0.3 is 19.5 Å². The fourth-order valence-electron chi connectivity index (χ4n) is 6.16. The second-order valence-corrected chi connectivity index (χ2v) is 11.4. The molecule has 1 fully saturated rings. The molecular weight excluding hydrogens is 540 g/mol. The number of allylic oxidation sites excluding steroid dienone is 1. The van der Waals surface area contributed by atoms with Crippen molar-refractivity contribution in [1.29, 1.82) is 0 Å². The molecule has 43 heavy (non-hydrogen) atoms. The highest BCUT2D eigenvalue weighted by molar-refractivity contribution is 6.01. The first kappa shape index (κ1) is 30.2. The second-order valence-electron chi connectivity index (χ2n) is 11.4. The van der Waals surface area contributed by atoms with Crippen molar-refractivity contribution in [2.45, 2.75) is 58.5 Å². The molecule has 2 heterocycles. The summed E-state index contributed by atoms with van der Waals surface area (Å²) in [5, 5.41) is 11.0. The number of hydrogen-bond donors (Lipinski definition) is 1. The standard InChI is InChI=1S/C36H40N2O5/c1-3-13-31-33(43-34(39)28-15-6-4-7-16-28)36(35(40)41,20-23-38-21-10-11-22-38)26(2)32(37-31)25-27-14-12-19-30(24-27)42-29-17-8-5-9-18-29/h4-9,12,14-19,24,33H,3,10-11,13,20-23,25H2,1-2H3,(H,40,41). The van der Waals surface area contributed by atoms with Gasteiger partial charge in [0, 0.05) is 12.1 Å². The number of hydrogen-bond acceptors (Lipinski definition) is 6. The summed E-state index contributed by atoms with van der Waals surface area (Å²) >= 11 is 0. The summed E-state index contributed by atoms with van der Waals surface area (Å²) in [4.78, 5) is 34.3. The van der Waals surface area contributed by atoms with Crippen LogP contribution >= 0.6 is 0 Å². The normalized spacial score (nSPS) is 20.5. The van der Waals surface area contributed by atoms with E-state index in [0.29, 0.717) is 54.1 Å². The fourth-order valence-corrected chi connectivity index (χ4v) is 6.16. The first-order valence-corrected chi connectivity index (χ1v) is 15.2. The van der Waals surface area contributed by atoms with Crippen molar-refractivity contribution in [3.63, 3.8) is 0 Å². The third-order valence-electron chi connectivity index (χ3n) is 8.52. The Morgan fingerprint density at radius 1 is 0.953 bits per heavy atom. The number of carbonyl (C=O) groups excluding carboxylic acids is 1. The molecule has 1 saturated heterocycles. The van der Waals surface area contributed by atoms with Crippen LogP contribution in [0, 0.1) is 5.41 Å². The maximum atomic E-state index is 13.5. The number of likely N-dealkylation sites (tertiary alicyclic amines) is 1. The summed E-state index contributed by atoms with van der Waals surface area (Å²) in [7, 11) is 0. The van der Waals surface area contributed by atoms with Gasteiger partial charge in [-0.25, -0.2) is 4.79 Å². The van der Waals surface area contributed by atoms with E-state index in [2.05, 4.69) is 4.90 Å². The maximum Gasteiger partial charge on any atom is 0.338 e. The monoisotopic (exact) mass is 580 g/mol. The first-order valence-electron chi connectivity index (χ1n) is 15.2. The minimum Gasteiger partial charge on any atom is -0.480 e. The van der Waals surface area contributed by atoms with E-state index in [4.69, 9.17) is 14.5 Å². The van der Waals surface area contributed by atoms with Gasteiger partial charge in [-0.2, -0.15) is 0 Å². The quantitative estimate of drug-likeness (QED) is 0.226. The summed E-state index contributed by atoms with van der Waals surface area (Å²) in [6, 6.07) is 26.2. The largest absolute Gasteiger partial charge is 0.480 e. The lowest BCUT2D eigenvalue weighted by Gasteiger charge is -2.42. The average molecular weight is 581 g/mol. The van der Waals surface area contributed by atoms with Crippen molar-refractivity contribution in [3.05, 3.63) is 107 Å². The van der Waals surface area contributed by atoms with E-state index in [-0.39, 0.29) is 0 Å². The van der Waals surface area contributed by atoms with Gasteiger partial charge in [0.1, 0.15) is 16.9 Å². The van der Waals surface area contributed by atoms with Crippen LogP contribution in [0.5, 0.6) is 11.5 Å². The van der Waals surface area contributed by atoms with Crippen molar-refractivity contribution in [2.75, 3.05) is 19.6 Å². The zero-order valence-corrected chi connectivity index (χ0v) is 25.0. The molecule has 0 amide bonds. The Morgan fingerprint density at radius 3 is 2.30 bits per heavy atom. The summed E-state index contributed by atoms with van der Waals surface area (Å²) in [6.07, 6.45) is 3.24. The molecule has 0 bridgehead atoms. The molecule has 0 aromatic heterocycles. The number of nitrogens with zero attached hydrogens (tertiary/aromatic N) is 2. The van der Waals surface area contributed by atoms with Gasteiger partial charge in [-0.05, 0) is 99.8 Å². The van der Waals surface area contributed by atoms with Gasteiger partial charge >= 0.3 is 11.9 Å². The number of carboxylic acids is 1. The Morgan fingerprint density at radius 2 is 1.63 bits per heavy atom. The topological polar surface area (TPSA) is 88.4 Å². The van der Waals surface area contributed by atoms with Crippen LogP contribution in [0.1, 0.15) is 61.9 Å². The minimum absolute atomic E-state index is 0.324. The number of rotatable bonds is 12. The Hall–Kier alpha value is -4.23. The van der Waals surface area contributed by atoms with E-state index in [1.807, 2.05) is 74.5 Å². The molecule has 224 valence electrons. The predicted molar refractivity (Wildman–Crippen MR) is 168 cm³/mol. The maximum absolute atomic E-state index is 13.5. The fraction of sp³-hybridized carbons (Fsp3) is 0.361. The number of carbonyl (C=O) groups is 2. The molecule has 7 heteroatoms. The second kappa shape index (κ2) is 13.8. The molecule has 2 unspecified atom stereocenters. The number of carboxylic acid groups (broad SMARTS) is 1. The Labute approximate surface area is 253 Å². The van der Waals surface area contributed by atoms with Crippen molar-refractivity contribution < 1.29 is 24.2 Å². The van der Waals surface area contributed by atoms with Gasteiger partial charge in [0.2, 0.25) is 0 Å². The van der Waals surface area contributed by atoms with E-state index in [1.54, 1.807) is 24.3 Å². The summed E-state index contributed by atoms with van der Waals surface area (Å²) in [5.41, 5.74) is 1.86. The van der Waals surface area contributed by atoms with Crippen LogP contribution in [0.4, 0.5) is 0 Å². The Bertz CT molecular complexity index is 1480. The molecule has 0 radical (unpaired) electrons. The lowest BCUT2D eigenvalue weighted by molar-refractivity contribution is -0.151. The number of ether oxygens (including phenoxy) is 2. The molecule has 2 atom stereocenters. The van der Waals surface area contributed by atoms with Gasteiger partial charge in [-0.3, -0.25) is 9.79 Å². The summed E-state index contributed by atoms with van der Waals surface area (Å²) in [5.74, 6) is -0.0880. The van der Waals surface area contributed by atoms with E-state index in [9.17, 15) is 14.7 Å². The average Bonchev–Trinajstić information content (AvgIpc) is 3.54. The van der Waals surface area contributed by atoms with E-state index < -0.39 is 23.5 Å². The molecular formula is C36H40N2O5. The first-order chi connectivity index (χ1) is 20.9. The third-order valence-corrected chi connectivity index (χ3v) is 8.52. The number of aliphatic carboxylic acids is 1. The highest BCUT2D eigenvalue weighted by atomic mass is 16.5. The number of para-hydroxylation sites is 1. The SMILES string of the molecule is CCCC1=NC(Cc2cccc(Oc3ccccc3)c2)=C(C)C(CCN2CCCC2)(C(=O)O)C1OC(=O)c1ccccc1. The number of esters is 1. The van der Waals surface area contributed by atoms with Gasteiger partial charge in [0.05, 0.1) is 11.3 Å². The predicted octanol–water partition coefficient (Wildman–Crippen LogP) is 7.33. The molecule has 2 aliphatic heterocycles. The van der Waals surface area contributed by atoms with Gasteiger partial charge in [-0.15, -0.1) is 0 Å². The van der Waals surface area contributed by atoms with Crippen LogP contribution in [0.3, 0.4) is 0 Å². The molecule has 0 spiro atoms. The van der Waals surface area contributed by atoms with Crippen LogP contribution in [0.2, 0.25) is 0 Å². The van der Waals surface area contributed by atoms with Crippen LogP contribution in [0.25, 0.3) is 0 Å². The van der Waals surface area contributed by atoms with Crippen LogP contribution in [-0.4, -0.2) is 53.4 Å². The molecule has 3 aromatic rings. The van der Waals surface area contributed by atoms with E-state index in [1.165, 1.54) is 0 Å². The molecule has 0 saturated carbocycles. The van der Waals surface area contributed by atoms with Crippen LogP contribution in [-0.2, 0) is 16.0 Å². The number of benzene rings is 3. The smallest absolute Gasteiger partial charge is 0.338 e. The van der Waals surface area contributed by atoms with Crippen molar-refractivity contribution in [1.82, 2.24) is 4.90 Å². The molecule has 0 aliphatic carbocycles. The van der Waals surface area contributed by atoms with Crippen LogP contribution < -0.4 is 4.74 Å². The molecule has 2 aliphatic rings. The highest BCUT2D eigenvalue weighted by Crippen LogP contribution is 2.45. The molecule has 3 aromatic carbocycles. The lowest BCUT2D eigenvalue weighted by Crippen LogP contribution is -2.53. The van der Waals surface area contributed by atoms with E-state index in [0.717, 1.165) is 43.7 Å². The van der Waals surface area contributed by atoms with E-state index >= 15 is 0 Å². The Kier molecular flexibility index (Phi) is 9.72. The van der Waals surface area contributed by atoms with Crippen LogP contribution in [0.15, 0.2) is 101 Å². The van der Waals surface area contributed by atoms with Gasteiger partial charge in [-0.1, -0.05) is 61.9 Å². The summed E-state index contributed by atoms with van der Waals surface area (Å²) < 4.78 is 12.2. The lowest BCUT2D eigenvalue weighted by atomic mass is 9.68. The van der Waals surface area contributed by atoms with Crippen molar-refractivity contribution in [3.8, 4) is 11.5 Å². The zero-order chi connectivity index (χ0) is 30.2. The number of aliphatic imine (C=N–C) groups is 1. The van der Waals surface area contributed by atoms with Gasteiger partial charge in [0.15, 0.2) is 6.10 Å². The van der Waals surface area contributed by atoms with Gasteiger partial charge in [0.25, 0.3) is 0 Å².